The van der Waals surface area contributed by atoms with Crippen molar-refractivity contribution in [2.45, 2.75) is 64.1 Å². The van der Waals surface area contributed by atoms with Crippen LogP contribution >= 0.6 is 11.3 Å². The number of amides is 1. The lowest BCUT2D eigenvalue weighted by Gasteiger charge is -2.40. The highest BCUT2D eigenvalue weighted by Gasteiger charge is 2.33. The first-order valence-corrected chi connectivity index (χ1v) is 9.13. The van der Waals surface area contributed by atoms with E-state index in [9.17, 15) is 4.79 Å². The van der Waals surface area contributed by atoms with E-state index >= 15 is 0 Å². The van der Waals surface area contributed by atoms with Crippen molar-refractivity contribution in [3.05, 3.63) is 22.4 Å². The van der Waals surface area contributed by atoms with Crippen LogP contribution in [-0.4, -0.2) is 40.9 Å². The van der Waals surface area contributed by atoms with Crippen LogP contribution < -0.4 is 0 Å². The molecule has 0 bridgehead atoms. The minimum Gasteiger partial charge on any atom is -0.336 e. The van der Waals surface area contributed by atoms with E-state index in [0.717, 1.165) is 19.4 Å². The molecule has 3 rings (SSSR count). The molecular weight excluding hydrogens is 280 g/mol. The Morgan fingerprint density at radius 1 is 1.24 bits per heavy atom. The molecular formula is C17H26N2OS. The summed E-state index contributed by atoms with van der Waals surface area (Å²) in [6.45, 7) is 6.06. The Kier molecular flexibility index (Phi) is 4.65. The summed E-state index contributed by atoms with van der Waals surface area (Å²) in [5, 5.41) is 2.14. The molecule has 3 heterocycles. The minimum absolute atomic E-state index is 0.332. The van der Waals surface area contributed by atoms with Crippen molar-refractivity contribution >= 4 is 17.2 Å². The smallest absolute Gasteiger partial charge is 0.237 e. The van der Waals surface area contributed by atoms with E-state index in [1.807, 2.05) is 11.3 Å². The van der Waals surface area contributed by atoms with Gasteiger partial charge in [0.25, 0.3) is 0 Å². The number of carbonyl (C=O) groups is 1. The summed E-state index contributed by atoms with van der Waals surface area (Å²) in [4.78, 5) is 18.7. The summed E-state index contributed by atoms with van der Waals surface area (Å²) in [5.74, 6) is 0.332. The molecule has 0 aliphatic carbocycles. The fraction of sp³-hybridized carbons (Fsp3) is 0.706. The molecule has 0 N–H and O–H groups in total. The van der Waals surface area contributed by atoms with Crippen molar-refractivity contribution in [2.75, 3.05) is 13.1 Å². The molecule has 0 aromatic carbocycles. The number of piperidine rings is 1. The first-order chi connectivity index (χ1) is 10.2. The van der Waals surface area contributed by atoms with E-state index in [1.54, 1.807) is 0 Å². The van der Waals surface area contributed by atoms with Gasteiger partial charge in [-0.2, -0.15) is 0 Å². The second kappa shape index (κ2) is 6.49. The van der Waals surface area contributed by atoms with Crippen LogP contribution in [0.5, 0.6) is 0 Å². The number of hydrogen-bond acceptors (Lipinski definition) is 3. The van der Waals surface area contributed by atoms with Gasteiger partial charge in [-0.3, -0.25) is 9.69 Å². The largest absolute Gasteiger partial charge is 0.336 e. The van der Waals surface area contributed by atoms with E-state index in [1.165, 1.54) is 24.1 Å². The molecule has 2 aliphatic rings. The lowest BCUT2D eigenvalue weighted by atomic mass is 9.97. The quantitative estimate of drug-likeness (QED) is 0.850. The van der Waals surface area contributed by atoms with Gasteiger partial charge in [0.1, 0.15) is 0 Å². The lowest BCUT2D eigenvalue weighted by molar-refractivity contribution is -0.138. The van der Waals surface area contributed by atoms with Crippen molar-refractivity contribution in [1.29, 1.82) is 0 Å². The van der Waals surface area contributed by atoms with E-state index < -0.39 is 0 Å². The van der Waals surface area contributed by atoms with Gasteiger partial charge in [0.15, 0.2) is 0 Å². The minimum atomic E-state index is 0.332. The zero-order chi connectivity index (χ0) is 14.8. The van der Waals surface area contributed by atoms with Crippen LogP contribution in [0.15, 0.2) is 17.5 Å². The first-order valence-electron chi connectivity index (χ1n) is 8.25. The molecule has 1 amide bonds. The molecule has 4 heteroatoms. The molecule has 0 radical (unpaired) electrons. The Balaban J connectivity index is 1.66. The van der Waals surface area contributed by atoms with Crippen LogP contribution in [-0.2, 0) is 4.79 Å². The number of carbonyl (C=O) groups excluding carboxylic acids is 1. The third-order valence-corrected chi connectivity index (χ3v) is 6.03. The Hall–Kier alpha value is -0.870. The number of likely N-dealkylation sites (tertiary alicyclic amines) is 2. The van der Waals surface area contributed by atoms with E-state index in [2.05, 4.69) is 41.2 Å². The van der Waals surface area contributed by atoms with Crippen LogP contribution in [0.25, 0.3) is 0 Å². The molecule has 2 aliphatic heterocycles. The number of nitrogens with zero attached hydrogens (tertiary/aromatic N) is 2. The fourth-order valence-electron chi connectivity index (χ4n) is 3.99. The maximum Gasteiger partial charge on any atom is 0.237 e. The molecule has 2 fully saturated rings. The standard InChI is InChI=1S/C17H26N2OS/c1-13-6-3-7-14(2)19(13)17(20)12-18-10-4-8-15(18)16-9-5-11-21-16/h5,9,11,13-15H,3-4,6-8,10,12H2,1-2H3. The highest BCUT2D eigenvalue weighted by molar-refractivity contribution is 7.10. The third-order valence-electron chi connectivity index (χ3n) is 5.06. The van der Waals surface area contributed by atoms with Gasteiger partial charge in [-0.05, 0) is 63.9 Å². The van der Waals surface area contributed by atoms with Gasteiger partial charge >= 0.3 is 0 Å². The first kappa shape index (κ1) is 15.0. The van der Waals surface area contributed by atoms with Crippen LogP contribution in [0.3, 0.4) is 0 Å². The Morgan fingerprint density at radius 3 is 2.67 bits per heavy atom. The maximum absolute atomic E-state index is 12.8. The molecule has 21 heavy (non-hydrogen) atoms. The predicted molar refractivity (Wildman–Crippen MR) is 87.5 cm³/mol. The van der Waals surface area contributed by atoms with Crippen LogP contribution in [0, 0.1) is 0 Å². The summed E-state index contributed by atoms with van der Waals surface area (Å²) >= 11 is 1.82. The van der Waals surface area contributed by atoms with E-state index in [0.29, 0.717) is 30.6 Å². The van der Waals surface area contributed by atoms with E-state index in [-0.39, 0.29) is 0 Å². The molecule has 2 saturated heterocycles. The molecule has 3 nitrogen and oxygen atoms in total. The van der Waals surface area contributed by atoms with Gasteiger partial charge < -0.3 is 4.90 Å². The Morgan fingerprint density at radius 2 is 2.00 bits per heavy atom. The summed E-state index contributed by atoms with van der Waals surface area (Å²) < 4.78 is 0. The van der Waals surface area contributed by atoms with Crippen molar-refractivity contribution < 1.29 is 4.79 Å². The summed E-state index contributed by atoms with van der Waals surface area (Å²) in [6, 6.07) is 5.61. The molecule has 0 spiro atoms. The van der Waals surface area contributed by atoms with Crippen molar-refractivity contribution in [3.8, 4) is 0 Å². The molecule has 3 unspecified atom stereocenters. The van der Waals surface area contributed by atoms with Crippen molar-refractivity contribution in [2.24, 2.45) is 0 Å². The van der Waals surface area contributed by atoms with Crippen LogP contribution in [0.2, 0.25) is 0 Å². The zero-order valence-corrected chi connectivity index (χ0v) is 13.9. The molecule has 0 saturated carbocycles. The van der Waals surface area contributed by atoms with Gasteiger partial charge in [0, 0.05) is 23.0 Å². The number of thiophene rings is 1. The summed E-state index contributed by atoms with van der Waals surface area (Å²) in [7, 11) is 0. The number of hydrogen-bond donors (Lipinski definition) is 0. The van der Waals surface area contributed by atoms with Gasteiger partial charge in [0.2, 0.25) is 5.91 Å². The molecule has 1 aromatic heterocycles. The molecule has 3 atom stereocenters. The van der Waals surface area contributed by atoms with Gasteiger partial charge in [-0.15, -0.1) is 11.3 Å². The normalized spacial score (nSPS) is 30.8. The van der Waals surface area contributed by atoms with Gasteiger partial charge in [-0.25, -0.2) is 0 Å². The van der Waals surface area contributed by atoms with Crippen molar-refractivity contribution in [3.63, 3.8) is 0 Å². The predicted octanol–water partition coefficient (Wildman–Crippen LogP) is 3.67. The van der Waals surface area contributed by atoms with Crippen molar-refractivity contribution in [1.82, 2.24) is 9.80 Å². The fourth-order valence-corrected chi connectivity index (χ4v) is 4.88. The lowest BCUT2D eigenvalue weighted by Crippen LogP contribution is -2.51. The summed E-state index contributed by atoms with van der Waals surface area (Å²) in [5.41, 5.74) is 0. The van der Waals surface area contributed by atoms with Crippen LogP contribution in [0.1, 0.15) is 56.9 Å². The second-order valence-corrected chi connectivity index (χ2v) is 7.55. The monoisotopic (exact) mass is 306 g/mol. The average molecular weight is 306 g/mol. The number of rotatable bonds is 3. The van der Waals surface area contributed by atoms with Crippen LogP contribution in [0.4, 0.5) is 0 Å². The Labute approximate surface area is 131 Å². The maximum atomic E-state index is 12.8. The highest BCUT2D eigenvalue weighted by atomic mass is 32.1. The molecule has 116 valence electrons. The zero-order valence-electron chi connectivity index (χ0n) is 13.1. The topological polar surface area (TPSA) is 23.6 Å². The summed E-state index contributed by atoms with van der Waals surface area (Å²) in [6.07, 6.45) is 5.97. The second-order valence-electron chi connectivity index (χ2n) is 6.57. The SMILES string of the molecule is CC1CCCC(C)N1C(=O)CN1CCCC1c1cccs1. The average Bonchev–Trinajstić information content (AvgIpc) is 3.08. The Bertz CT molecular complexity index is 463. The third kappa shape index (κ3) is 3.16. The molecule has 1 aromatic rings. The highest BCUT2D eigenvalue weighted by Crippen LogP contribution is 2.34. The van der Waals surface area contributed by atoms with E-state index in [4.69, 9.17) is 0 Å². The van der Waals surface area contributed by atoms with Gasteiger partial charge in [0.05, 0.1) is 6.54 Å². The van der Waals surface area contributed by atoms with Gasteiger partial charge in [-0.1, -0.05) is 6.07 Å².